The van der Waals surface area contributed by atoms with E-state index in [9.17, 15) is 4.57 Å². The van der Waals surface area contributed by atoms with Crippen molar-refractivity contribution in [2.75, 3.05) is 0 Å². The molecular weight excluding hydrogens is 143 g/mol. The van der Waals surface area contributed by atoms with Crippen molar-refractivity contribution >= 4 is 7.82 Å². The van der Waals surface area contributed by atoms with Crippen molar-refractivity contribution in [2.45, 2.75) is 13.3 Å². The van der Waals surface area contributed by atoms with Crippen LogP contribution in [0.1, 0.15) is 13.3 Å². The summed E-state index contributed by atoms with van der Waals surface area (Å²) in [6, 6.07) is 0. The Hall–Kier alpha value is -0.310. The molecule has 4 nitrogen and oxygen atoms in total. The third-order valence-corrected chi connectivity index (χ3v) is 0.926. The molecule has 0 aliphatic carbocycles. The number of phosphoric ester groups is 1. The van der Waals surface area contributed by atoms with Crippen LogP contribution in [0.3, 0.4) is 0 Å². The van der Waals surface area contributed by atoms with Gasteiger partial charge in [0.05, 0.1) is 6.26 Å². The minimum atomic E-state index is -4.28. The van der Waals surface area contributed by atoms with Gasteiger partial charge in [-0.05, 0) is 12.5 Å². The van der Waals surface area contributed by atoms with E-state index in [4.69, 9.17) is 9.79 Å². The van der Waals surface area contributed by atoms with Crippen LogP contribution in [0, 0.1) is 0 Å². The lowest BCUT2D eigenvalue weighted by molar-refractivity contribution is 0.258. The van der Waals surface area contributed by atoms with Crippen molar-refractivity contribution in [2.24, 2.45) is 0 Å². The number of allylic oxidation sites excluding steroid dienone is 1. The van der Waals surface area contributed by atoms with E-state index < -0.39 is 7.82 Å². The molecule has 0 bridgehead atoms. The molecule has 0 heterocycles. The van der Waals surface area contributed by atoms with Crippen molar-refractivity contribution in [3.8, 4) is 0 Å². The Morgan fingerprint density at radius 2 is 2.22 bits per heavy atom. The molecule has 0 aromatic carbocycles. The largest absolute Gasteiger partial charge is 0.524 e. The highest BCUT2D eigenvalue weighted by atomic mass is 31.2. The van der Waals surface area contributed by atoms with E-state index >= 15 is 0 Å². The van der Waals surface area contributed by atoms with Crippen molar-refractivity contribution in [1.82, 2.24) is 0 Å². The molecule has 0 unspecified atom stereocenters. The molecule has 0 saturated heterocycles. The fraction of sp³-hybridized carbons (Fsp3) is 0.500. The molecule has 0 aromatic heterocycles. The Kier molecular flexibility index (Phi) is 3.54. The van der Waals surface area contributed by atoms with E-state index in [1.165, 1.54) is 6.08 Å². The molecule has 0 fully saturated rings. The second kappa shape index (κ2) is 3.67. The van der Waals surface area contributed by atoms with Crippen LogP contribution < -0.4 is 0 Å². The van der Waals surface area contributed by atoms with Gasteiger partial charge in [0.1, 0.15) is 0 Å². The highest BCUT2D eigenvalue weighted by Crippen LogP contribution is 2.35. The summed E-state index contributed by atoms with van der Waals surface area (Å²) in [5.41, 5.74) is 0. The number of phosphoric acid groups is 1. The summed E-state index contributed by atoms with van der Waals surface area (Å²) in [6.07, 6.45) is 3.21. The lowest BCUT2D eigenvalue weighted by Gasteiger charge is -1.98. The minimum absolute atomic E-state index is 0.694. The summed E-state index contributed by atoms with van der Waals surface area (Å²) >= 11 is 0. The first-order valence-electron chi connectivity index (χ1n) is 2.45. The number of rotatable bonds is 3. The maximum Gasteiger partial charge on any atom is 0.524 e. The van der Waals surface area contributed by atoms with Gasteiger partial charge >= 0.3 is 7.82 Å². The molecule has 9 heavy (non-hydrogen) atoms. The fourth-order valence-corrected chi connectivity index (χ4v) is 0.463. The lowest BCUT2D eigenvalue weighted by Crippen LogP contribution is -1.76. The maximum absolute atomic E-state index is 9.93. The van der Waals surface area contributed by atoms with Crippen molar-refractivity contribution in [3.05, 3.63) is 12.3 Å². The smallest absolute Gasteiger partial charge is 0.413 e. The van der Waals surface area contributed by atoms with Gasteiger partial charge in [0, 0.05) is 0 Å². The van der Waals surface area contributed by atoms with E-state index in [1.807, 2.05) is 6.92 Å². The van der Waals surface area contributed by atoms with Crippen LogP contribution in [0.2, 0.25) is 0 Å². The van der Waals surface area contributed by atoms with Gasteiger partial charge in [-0.15, -0.1) is 0 Å². The van der Waals surface area contributed by atoms with Gasteiger partial charge in [0.15, 0.2) is 0 Å². The normalized spacial score (nSPS) is 12.3. The average Bonchev–Trinajstić information content (AvgIpc) is 1.63. The zero-order valence-corrected chi connectivity index (χ0v) is 5.91. The Labute approximate surface area is 53.4 Å². The molecule has 54 valence electrons. The standard InChI is InChI=1S/C4H9O4P/c1-2-3-4-8-9(5,6)7/h3-4H,2H2,1H3,(H2,5,6,7). The van der Waals surface area contributed by atoms with Crippen LogP contribution in [0.25, 0.3) is 0 Å². The van der Waals surface area contributed by atoms with Crippen molar-refractivity contribution in [3.63, 3.8) is 0 Å². The topological polar surface area (TPSA) is 66.8 Å². The maximum atomic E-state index is 9.93. The molecule has 0 aliphatic heterocycles. The first kappa shape index (κ1) is 8.69. The van der Waals surface area contributed by atoms with Gasteiger partial charge in [-0.2, -0.15) is 0 Å². The van der Waals surface area contributed by atoms with Crippen molar-refractivity contribution in [1.29, 1.82) is 0 Å². The van der Waals surface area contributed by atoms with E-state index in [2.05, 4.69) is 4.52 Å². The highest BCUT2D eigenvalue weighted by Gasteiger charge is 2.10. The monoisotopic (exact) mass is 152 g/mol. The predicted octanol–water partition coefficient (Wildman–Crippen LogP) is 1.02. The Bertz CT molecular complexity index is 136. The van der Waals surface area contributed by atoms with E-state index in [1.54, 1.807) is 0 Å². The summed E-state index contributed by atoms with van der Waals surface area (Å²) < 4.78 is 13.9. The Balaban J connectivity index is 3.51. The quantitative estimate of drug-likeness (QED) is 0.468. The summed E-state index contributed by atoms with van der Waals surface area (Å²) in [4.78, 5) is 16.2. The van der Waals surface area contributed by atoms with Gasteiger partial charge in [0.2, 0.25) is 0 Å². The predicted molar refractivity (Wildman–Crippen MR) is 32.6 cm³/mol. The summed E-state index contributed by atoms with van der Waals surface area (Å²) in [5, 5.41) is 0. The minimum Gasteiger partial charge on any atom is -0.413 e. The van der Waals surface area contributed by atoms with Crippen LogP contribution in [0.5, 0.6) is 0 Å². The molecular formula is C4H9O4P. The molecule has 2 N–H and O–H groups in total. The first-order valence-corrected chi connectivity index (χ1v) is 3.98. The molecule has 0 saturated carbocycles. The highest BCUT2D eigenvalue weighted by molar-refractivity contribution is 7.46. The third-order valence-electron chi connectivity index (χ3n) is 0.530. The van der Waals surface area contributed by atoms with Crippen molar-refractivity contribution < 1.29 is 18.9 Å². The number of hydrogen-bond donors (Lipinski definition) is 2. The Morgan fingerprint density at radius 1 is 1.67 bits per heavy atom. The summed E-state index contributed by atoms with van der Waals surface area (Å²) in [7, 11) is -4.28. The molecule has 0 aliphatic rings. The van der Waals surface area contributed by atoms with Crippen LogP contribution in [0.15, 0.2) is 12.3 Å². The molecule has 0 atom stereocenters. The van der Waals surface area contributed by atoms with Gasteiger partial charge in [-0.1, -0.05) is 6.92 Å². The third kappa shape index (κ3) is 7.69. The zero-order valence-electron chi connectivity index (χ0n) is 5.02. The van der Waals surface area contributed by atoms with E-state index in [0.717, 1.165) is 6.26 Å². The second-order valence-corrected chi connectivity index (χ2v) is 2.57. The summed E-state index contributed by atoms with van der Waals surface area (Å²) in [6.45, 7) is 1.83. The fourth-order valence-electron chi connectivity index (χ4n) is 0.219. The second-order valence-electron chi connectivity index (χ2n) is 1.38. The lowest BCUT2D eigenvalue weighted by atomic mass is 10.5. The van der Waals surface area contributed by atoms with Crippen LogP contribution >= 0.6 is 7.82 Å². The first-order chi connectivity index (χ1) is 4.06. The molecule has 0 amide bonds. The number of hydrogen-bond acceptors (Lipinski definition) is 2. The van der Waals surface area contributed by atoms with Gasteiger partial charge in [-0.3, -0.25) is 9.79 Å². The molecule has 0 spiro atoms. The SMILES string of the molecule is CCC=COP(=O)(O)O. The molecule has 0 aromatic rings. The van der Waals surface area contributed by atoms with Gasteiger partial charge in [0.25, 0.3) is 0 Å². The molecule has 5 heteroatoms. The van der Waals surface area contributed by atoms with Gasteiger partial charge < -0.3 is 4.52 Å². The van der Waals surface area contributed by atoms with Crippen LogP contribution in [0.4, 0.5) is 0 Å². The molecule has 0 radical (unpaired) electrons. The summed E-state index contributed by atoms with van der Waals surface area (Å²) in [5.74, 6) is 0. The average molecular weight is 152 g/mol. The van der Waals surface area contributed by atoms with E-state index in [-0.39, 0.29) is 0 Å². The Morgan fingerprint density at radius 3 is 2.56 bits per heavy atom. The zero-order chi connectivity index (χ0) is 7.33. The van der Waals surface area contributed by atoms with E-state index in [0.29, 0.717) is 6.42 Å². The van der Waals surface area contributed by atoms with Crippen LogP contribution in [-0.2, 0) is 9.09 Å². The van der Waals surface area contributed by atoms with Gasteiger partial charge in [-0.25, -0.2) is 4.57 Å². The molecule has 0 rings (SSSR count). The van der Waals surface area contributed by atoms with Crippen LogP contribution in [-0.4, -0.2) is 9.79 Å².